The second kappa shape index (κ2) is 5.79. The average Bonchev–Trinajstić information content (AvgIpc) is 3.29. The lowest BCUT2D eigenvalue weighted by Crippen LogP contribution is -2.69. The highest BCUT2D eigenvalue weighted by Crippen LogP contribution is 2.54. The summed E-state index contributed by atoms with van der Waals surface area (Å²) in [5, 5.41) is 22.1. The first-order valence-corrected chi connectivity index (χ1v) is 9.67. The Kier molecular flexibility index (Phi) is 3.95. The van der Waals surface area contributed by atoms with Gasteiger partial charge in [-0.25, -0.2) is 0 Å². The van der Waals surface area contributed by atoms with Crippen LogP contribution in [0.15, 0.2) is 12.1 Å². The summed E-state index contributed by atoms with van der Waals surface area (Å²) in [6.07, 6.45) is 1.10. The van der Waals surface area contributed by atoms with Gasteiger partial charge in [-0.2, -0.15) is 0 Å². The van der Waals surface area contributed by atoms with E-state index in [1.807, 2.05) is 27.9 Å². The molecule has 0 amide bonds. The Balaban J connectivity index is 1.84. The fourth-order valence-corrected chi connectivity index (χ4v) is 4.97. The zero-order chi connectivity index (χ0) is 19.7. The molecule has 4 atom stereocenters. The van der Waals surface area contributed by atoms with Crippen LogP contribution in [0, 0.1) is 12.8 Å². The van der Waals surface area contributed by atoms with Crippen LogP contribution in [-0.2, 0) is 9.59 Å². The van der Waals surface area contributed by atoms with Gasteiger partial charge in [0.15, 0.2) is 34.8 Å². The number of quaternary nitrogens is 1. The Bertz CT molecular complexity index is 828. The quantitative estimate of drug-likeness (QED) is 0.619. The number of phenolic OH excluding ortho intramolecular Hbond substituents is 1. The van der Waals surface area contributed by atoms with Crippen molar-refractivity contribution in [3.8, 4) is 11.5 Å². The normalized spacial score (nSPS) is 31.3. The van der Waals surface area contributed by atoms with Gasteiger partial charge in [0, 0.05) is 11.5 Å². The summed E-state index contributed by atoms with van der Waals surface area (Å²) < 4.78 is 6.31. The molecular formula is C21H28NO5+. The maximum Gasteiger partial charge on any atom is 0.186 e. The summed E-state index contributed by atoms with van der Waals surface area (Å²) in [4.78, 5) is 25.6. The van der Waals surface area contributed by atoms with Gasteiger partial charge in [-0.15, -0.1) is 0 Å². The van der Waals surface area contributed by atoms with Crippen LogP contribution in [0.25, 0.3) is 0 Å². The zero-order valence-corrected chi connectivity index (χ0v) is 16.4. The Morgan fingerprint density at radius 3 is 2.59 bits per heavy atom. The second-order valence-corrected chi connectivity index (χ2v) is 9.13. The molecule has 2 aliphatic carbocycles. The number of nitrogens with zero attached hydrogens (tertiary/aromatic N) is 1. The van der Waals surface area contributed by atoms with Gasteiger partial charge >= 0.3 is 0 Å². The molecule has 27 heavy (non-hydrogen) atoms. The van der Waals surface area contributed by atoms with Crippen molar-refractivity contribution in [1.82, 2.24) is 0 Å². The maximum atomic E-state index is 13.1. The number of hydrogen-bond acceptors (Lipinski definition) is 5. The standard InChI is InChI=1S/C21H27NO5/c1-11-5-8-14(23)19-17(11)18-20(27-19)15(24)9-16(25)21(18,26)12(2)22(3,4)10-13-6-7-13/h5,8,12-13,18,20,26H,6-7,9-10H2,1-4H3/p+1/t12-,18?,20+,21+/m1/s1. The number of Topliss-reactive ketones (excluding diaryl/α,β-unsaturated/α-hetero) is 2. The highest BCUT2D eigenvalue weighted by atomic mass is 16.5. The summed E-state index contributed by atoms with van der Waals surface area (Å²) in [7, 11) is 4.07. The van der Waals surface area contributed by atoms with E-state index in [1.165, 1.54) is 18.9 Å². The molecule has 1 aliphatic heterocycles. The Hall–Kier alpha value is -1.92. The molecule has 0 saturated heterocycles. The summed E-state index contributed by atoms with van der Waals surface area (Å²) in [5.74, 6) is -0.773. The van der Waals surface area contributed by atoms with Crippen LogP contribution in [0.4, 0.5) is 0 Å². The van der Waals surface area contributed by atoms with E-state index >= 15 is 0 Å². The predicted molar refractivity (Wildman–Crippen MR) is 98.7 cm³/mol. The molecule has 4 rings (SSSR count). The molecule has 1 heterocycles. The molecule has 0 bridgehead atoms. The van der Waals surface area contributed by atoms with E-state index < -0.39 is 29.4 Å². The van der Waals surface area contributed by atoms with Crippen molar-refractivity contribution in [2.75, 3.05) is 20.6 Å². The van der Waals surface area contributed by atoms with Crippen molar-refractivity contribution in [3.05, 3.63) is 23.3 Å². The predicted octanol–water partition coefficient (Wildman–Crippen LogP) is 1.69. The number of rotatable bonds is 4. The highest BCUT2D eigenvalue weighted by Gasteiger charge is 2.65. The topological polar surface area (TPSA) is 83.8 Å². The minimum Gasteiger partial charge on any atom is -0.504 e. The Labute approximate surface area is 159 Å². The van der Waals surface area contributed by atoms with Crippen LogP contribution in [0.2, 0.25) is 0 Å². The fourth-order valence-electron chi connectivity index (χ4n) is 4.97. The molecule has 6 heteroatoms. The molecule has 2 fully saturated rings. The van der Waals surface area contributed by atoms with Crippen LogP contribution in [-0.4, -0.2) is 64.6 Å². The van der Waals surface area contributed by atoms with Crippen LogP contribution >= 0.6 is 0 Å². The van der Waals surface area contributed by atoms with Crippen LogP contribution in [0.1, 0.15) is 43.2 Å². The van der Waals surface area contributed by atoms with E-state index in [0.717, 1.165) is 12.1 Å². The number of benzene rings is 1. The third-order valence-corrected chi connectivity index (χ3v) is 6.94. The molecule has 1 aromatic rings. The first-order valence-electron chi connectivity index (χ1n) is 9.67. The first kappa shape index (κ1) is 18.4. The number of hydrogen-bond donors (Lipinski definition) is 2. The van der Waals surface area contributed by atoms with Crippen molar-refractivity contribution < 1.29 is 29.0 Å². The third-order valence-electron chi connectivity index (χ3n) is 6.94. The van der Waals surface area contributed by atoms with Crippen LogP contribution < -0.4 is 4.74 Å². The van der Waals surface area contributed by atoms with Crippen molar-refractivity contribution in [3.63, 3.8) is 0 Å². The van der Waals surface area contributed by atoms with Gasteiger partial charge < -0.3 is 19.4 Å². The van der Waals surface area contributed by atoms with E-state index in [0.29, 0.717) is 16.0 Å². The van der Waals surface area contributed by atoms with E-state index in [-0.39, 0.29) is 23.7 Å². The van der Waals surface area contributed by atoms with Gasteiger partial charge in [-0.05, 0) is 38.3 Å². The summed E-state index contributed by atoms with van der Waals surface area (Å²) in [6, 6.07) is 2.84. The van der Waals surface area contributed by atoms with Crippen molar-refractivity contribution in [2.45, 2.75) is 56.8 Å². The Morgan fingerprint density at radius 1 is 1.30 bits per heavy atom. The van der Waals surface area contributed by atoms with E-state index in [1.54, 1.807) is 6.07 Å². The van der Waals surface area contributed by atoms with Gasteiger partial charge in [0.05, 0.1) is 33.0 Å². The van der Waals surface area contributed by atoms with Crippen molar-refractivity contribution in [1.29, 1.82) is 0 Å². The number of aryl methyl sites for hydroxylation is 1. The minimum atomic E-state index is -1.72. The Morgan fingerprint density at radius 2 is 1.96 bits per heavy atom. The number of aliphatic hydroxyl groups is 1. The average molecular weight is 374 g/mol. The molecule has 6 nitrogen and oxygen atoms in total. The molecule has 2 N–H and O–H groups in total. The summed E-state index contributed by atoms with van der Waals surface area (Å²) >= 11 is 0. The van der Waals surface area contributed by atoms with E-state index in [9.17, 15) is 19.8 Å². The number of fused-ring (bicyclic) bond motifs is 3. The van der Waals surface area contributed by atoms with Crippen molar-refractivity contribution >= 4 is 11.6 Å². The number of carbonyl (C=O) groups is 2. The summed E-state index contributed by atoms with van der Waals surface area (Å²) in [5.41, 5.74) is -0.334. The van der Waals surface area contributed by atoms with Gasteiger partial charge in [-0.1, -0.05) is 6.07 Å². The third kappa shape index (κ3) is 2.61. The lowest BCUT2D eigenvalue weighted by molar-refractivity contribution is -0.920. The number of carbonyl (C=O) groups excluding carboxylic acids is 2. The first-order chi connectivity index (χ1) is 12.6. The van der Waals surface area contributed by atoms with E-state index in [2.05, 4.69) is 0 Å². The monoisotopic (exact) mass is 374 g/mol. The van der Waals surface area contributed by atoms with E-state index in [4.69, 9.17) is 4.74 Å². The lowest BCUT2D eigenvalue weighted by Gasteiger charge is -2.48. The molecular weight excluding hydrogens is 346 g/mol. The van der Waals surface area contributed by atoms with Gasteiger partial charge in [-0.3, -0.25) is 9.59 Å². The van der Waals surface area contributed by atoms with Crippen molar-refractivity contribution in [2.24, 2.45) is 5.92 Å². The molecule has 146 valence electrons. The second-order valence-electron chi connectivity index (χ2n) is 9.13. The number of likely N-dealkylation sites (N-methyl/N-ethyl adjacent to an activating group) is 1. The van der Waals surface area contributed by atoms with Crippen LogP contribution in [0.3, 0.4) is 0 Å². The minimum absolute atomic E-state index is 0.0630. The number of aromatic hydroxyl groups is 1. The maximum absolute atomic E-state index is 13.1. The zero-order valence-electron chi connectivity index (χ0n) is 16.4. The molecule has 0 radical (unpaired) electrons. The lowest BCUT2D eigenvalue weighted by atomic mass is 9.65. The van der Waals surface area contributed by atoms with Gasteiger partial charge in [0.2, 0.25) is 0 Å². The molecule has 2 saturated carbocycles. The number of ether oxygens (including phenoxy) is 1. The SMILES string of the molecule is Cc1ccc(O)c2c1C1[C@@H](O2)C(=O)CC(=O)[C@@]1(O)[C@@H](C)[N+](C)(C)CC1CC1. The molecule has 0 spiro atoms. The smallest absolute Gasteiger partial charge is 0.186 e. The van der Waals surface area contributed by atoms with Crippen LogP contribution in [0.5, 0.6) is 11.5 Å². The van der Waals surface area contributed by atoms with Gasteiger partial charge in [0.1, 0.15) is 6.04 Å². The summed E-state index contributed by atoms with van der Waals surface area (Å²) in [6.45, 7) is 4.63. The molecule has 0 aromatic heterocycles. The number of ketones is 2. The largest absolute Gasteiger partial charge is 0.504 e. The number of phenols is 1. The molecule has 3 aliphatic rings. The molecule has 1 unspecified atom stereocenters. The highest BCUT2D eigenvalue weighted by molar-refractivity contribution is 6.10. The fraction of sp³-hybridized carbons (Fsp3) is 0.619. The van der Waals surface area contributed by atoms with Gasteiger partial charge in [0.25, 0.3) is 0 Å². The molecule has 1 aromatic carbocycles.